The molecule has 19 heavy (non-hydrogen) atoms. The summed E-state index contributed by atoms with van der Waals surface area (Å²) in [7, 11) is 0. The molecule has 1 aliphatic heterocycles. The smallest absolute Gasteiger partial charge is 0.245 e. The number of carbonyl (C=O) groups is 1. The first-order valence-electron chi connectivity index (χ1n) is 7.28. The minimum Gasteiger partial charge on any atom is -0.325 e. The van der Waals surface area contributed by atoms with Crippen LogP contribution in [0.5, 0.6) is 0 Å². The topological polar surface area (TPSA) is 32.3 Å². The van der Waals surface area contributed by atoms with Crippen molar-refractivity contribution in [2.45, 2.75) is 38.9 Å². The van der Waals surface area contributed by atoms with Crippen molar-refractivity contribution in [3.63, 3.8) is 0 Å². The highest BCUT2D eigenvalue weighted by molar-refractivity contribution is 5.85. The minimum atomic E-state index is -0.164. The first-order valence-corrected chi connectivity index (χ1v) is 7.28. The average Bonchev–Trinajstić information content (AvgIpc) is 3.23. The van der Waals surface area contributed by atoms with Crippen LogP contribution in [0.1, 0.15) is 38.3 Å². The van der Waals surface area contributed by atoms with E-state index in [-0.39, 0.29) is 18.1 Å². The number of hydrogen-bond acceptors (Lipinski definition) is 2. The van der Waals surface area contributed by atoms with E-state index in [9.17, 15) is 4.79 Å². The normalized spacial score (nSPS) is 28.7. The van der Waals surface area contributed by atoms with E-state index in [2.05, 4.69) is 19.2 Å². The standard InChI is InChI=1S/C16H22N2O/c1-11(13-8-9-13)10-18-12(2)17-15(16(18)19)14-6-4-3-5-7-14/h3-7,11-13,15,17H,8-10H2,1-2H3. The van der Waals surface area contributed by atoms with Crippen LogP contribution < -0.4 is 5.32 Å². The second-order valence-electron chi connectivity index (χ2n) is 5.99. The van der Waals surface area contributed by atoms with E-state index in [1.807, 2.05) is 35.2 Å². The van der Waals surface area contributed by atoms with Crippen LogP contribution in [0.4, 0.5) is 0 Å². The van der Waals surface area contributed by atoms with E-state index in [1.165, 1.54) is 12.8 Å². The summed E-state index contributed by atoms with van der Waals surface area (Å²) in [6.07, 6.45) is 2.82. The lowest BCUT2D eigenvalue weighted by atomic mass is 10.0. The summed E-state index contributed by atoms with van der Waals surface area (Å²) in [5, 5.41) is 3.41. The van der Waals surface area contributed by atoms with E-state index < -0.39 is 0 Å². The molecule has 3 rings (SSSR count). The molecule has 1 amide bonds. The van der Waals surface area contributed by atoms with Crippen molar-refractivity contribution < 1.29 is 4.79 Å². The maximum atomic E-state index is 12.6. The van der Waals surface area contributed by atoms with Crippen LogP contribution in [0.2, 0.25) is 0 Å². The van der Waals surface area contributed by atoms with Gasteiger partial charge in [0.05, 0.1) is 6.17 Å². The van der Waals surface area contributed by atoms with Crippen molar-refractivity contribution in [1.29, 1.82) is 0 Å². The maximum absolute atomic E-state index is 12.6. The number of amides is 1. The van der Waals surface area contributed by atoms with Crippen LogP contribution in [-0.4, -0.2) is 23.5 Å². The van der Waals surface area contributed by atoms with Gasteiger partial charge in [0.15, 0.2) is 0 Å². The van der Waals surface area contributed by atoms with Gasteiger partial charge in [0.25, 0.3) is 0 Å². The van der Waals surface area contributed by atoms with Crippen LogP contribution in [-0.2, 0) is 4.79 Å². The van der Waals surface area contributed by atoms with Gasteiger partial charge in [0.1, 0.15) is 6.04 Å². The lowest BCUT2D eigenvalue weighted by molar-refractivity contribution is -0.130. The summed E-state index contributed by atoms with van der Waals surface area (Å²) in [5.41, 5.74) is 1.07. The van der Waals surface area contributed by atoms with Gasteiger partial charge in [0, 0.05) is 6.54 Å². The Morgan fingerprint density at radius 1 is 1.32 bits per heavy atom. The molecule has 2 aliphatic rings. The molecule has 0 bridgehead atoms. The molecule has 3 nitrogen and oxygen atoms in total. The number of rotatable bonds is 4. The van der Waals surface area contributed by atoms with Crippen LogP contribution in [0.3, 0.4) is 0 Å². The average molecular weight is 258 g/mol. The molecule has 0 radical (unpaired) electrons. The third kappa shape index (κ3) is 2.52. The van der Waals surface area contributed by atoms with Crippen molar-refractivity contribution in [3.8, 4) is 0 Å². The monoisotopic (exact) mass is 258 g/mol. The Kier molecular flexibility index (Phi) is 3.31. The van der Waals surface area contributed by atoms with Gasteiger partial charge in [0.2, 0.25) is 5.91 Å². The van der Waals surface area contributed by atoms with Gasteiger partial charge >= 0.3 is 0 Å². The zero-order chi connectivity index (χ0) is 13.4. The fourth-order valence-corrected chi connectivity index (χ4v) is 3.02. The Morgan fingerprint density at radius 3 is 2.63 bits per heavy atom. The quantitative estimate of drug-likeness (QED) is 0.900. The molecular weight excluding hydrogens is 236 g/mol. The highest BCUT2D eigenvalue weighted by Gasteiger charge is 2.39. The van der Waals surface area contributed by atoms with Gasteiger partial charge < -0.3 is 4.90 Å². The second-order valence-corrected chi connectivity index (χ2v) is 5.99. The number of nitrogens with zero attached hydrogens (tertiary/aromatic N) is 1. The number of carbonyl (C=O) groups excluding carboxylic acids is 1. The zero-order valence-corrected chi connectivity index (χ0v) is 11.7. The van der Waals surface area contributed by atoms with E-state index in [1.54, 1.807) is 0 Å². The fraction of sp³-hybridized carbons (Fsp3) is 0.562. The van der Waals surface area contributed by atoms with Crippen LogP contribution in [0.15, 0.2) is 30.3 Å². The molecule has 3 atom stereocenters. The largest absolute Gasteiger partial charge is 0.325 e. The highest BCUT2D eigenvalue weighted by atomic mass is 16.2. The SMILES string of the molecule is CC(CN1C(=O)C(c2ccccc2)NC1C)C1CC1. The van der Waals surface area contributed by atoms with Gasteiger partial charge in [-0.25, -0.2) is 0 Å². The third-order valence-corrected chi connectivity index (χ3v) is 4.45. The van der Waals surface area contributed by atoms with Crippen LogP contribution in [0.25, 0.3) is 0 Å². The van der Waals surface area contributed by atoms with E-state index >= 15 is 0 Å². The molecule has 0 aromatic heterocycles. The lowest BCUT2D eigenvalue weighted by Crippen LogP contribution is -2.38. The molecule has 1 N–H and O–H groups in total. The van der Waals surface area contributed by atoms with Gasteiger partial charge in [-0.2, -0.15) is 0 Å². The van der Waals surface area contributed by atoms with Crippen LogP contribution in [0, 0.1) is 11.8 Å². The van der Waals surface area contributed by atoms with Crippen molar-refractivity contribution in [2.75, 3.05) is 6.54 Å². The second kappa shape index (κ2) is 4.97. The predicted molar refractivity (Wildman–Crippen MR) is 75.4 cm³/mol. The Balaban J connectivity index is 1.71. The first-order chi connectivity index (χ1) is 9.16. The minimum absolute atomic E-state index is 0.138. The molecule has 1 aromatic carbocycles. The molecule has 1 saturated carbocycles. The molecule has 1 saturated heterocycles. The van der Waals surface area contributed by atoms with E-state index in [0.717, 1.165) is 18.0 Å². The van der Waals surface area contributed by atoms with Crippen molar-refractivity contribution in [2.24, 2.45) is 11.8 Å². The Labute approximate surface area is 115 Å². The van der Waals surface area contributed by atoms with Gasteiger partial charge in [-0.3, -0.25) is 10.1 Å². The Hall–Kier alpha value is -1.35. The van der Waals surface area contributed by atoms with Crippen molar-refractivity contribution >= 4 is 5.91 Å². The Morgan fingerprint density at radius 2 is 2.00 bits per heavy atom. The zero-order valence-electron chi connectivity index (χ0n) is 11.7. The van der Waals surface area contributed by atoms with Gasteiger partial charge in [-0.15, -0.1) is 0 Å². The summed E-state index contributed by atoms with van der Waals surface area (Å²) < 4.78 is 0. The molecule has 0 spiro atoms. The molecule has 3 heteroatoms. The molecule has 3 unspecified atom stereocenters. The fourth-order valence-electron chi connectivity index (χ4n) is 3.02. The van der Waals surface area contributed by atoms with Gasteiger partial charge in [-0.1, -0.05) is 37.3 Å². The summed E-state index contributed by atoms with van der Waals surface area (Å²) in [5.74, 6) is 1.70. The molecule has 2 fully saturated rings. The highest BCUT2D eigenvalue weighted by Crippen LogP contribution is 2.38. The van der Waals surface area contributed by atoms with E-state index in [4.69, 9.17) is 0 Å². The Bertz CT molecular complexity index is 455. The number of hydrogen-bond donors (Lipinski definition) is 1. The molecule has 1 aromatic rings. The molecular formula is C16H22N2O. The van der Waals surface area contributed by atoms with Crippen molar-refractivity contribution in [3.05, 3.63) is 35.9 Å². The molecule has 102 valence electrons. The summed E-state index contributed by atoms with van der Waals surface area (Å²) in [4.78, 5) is 14.6. The predicted octanol–water partition coefficient (Wildman–Crippen LogP) is 2.55. The lowest BCUT2D eigenvalue weighted by Gasteiger charge is -2.24. The van der Waals surface area contributed by atoms with E-state index in [0.29, 0.717) is 5.92 Å². The summed E-state index contributed by atoms with van der Waals surface area (Å²) >= 11 is 0. The summed E-state index contributed by atoms with van der Waals surface area (Å²) in [6, 6.07) is 9.85. The number of nitrogens with one attached hydrogen (secondary N) is 1. The molecule has 1 heterocycles. The van der Waals surface area contributed by atoms with Crippen molar-refractivity contribution in [1.82, 2.24) is 10.2 Å². The maximum Gasteiger partial charge on any atom is 0.245 e. The summed E-state index contributed by atoms with van der Waals surface area (Å²) in [6.45, 7) is 5.25. The number of benzene rings is 1. The third-order valence-electron chi connectivity index (χ3n) is 4.45. The molecule has 1 aliphatic carbocycles. The van der Waals surface area contributed by atoms with Crippen LogP contribution >= 0.6 is 0 Å². The first kappa shape index (κ1) is 12.7. The van der Waals surface area contributed by atoms with Gasteiger partial charge in [-0.05, 0) is 37.2 Å².